The number of ether oxygens (including phenoxy) is 1. The summed E-state index contributed by atoms with van der Waals surface area (Å²) in [6, 6.07) is 6.01. The summed E-state index contributed by atoms with van der Waals surface area (Å²) >= 11 is 0. The van der Waals surface area contributed by atoms with Crippen molar-refractivity contribution in [3.8, 4) is 0 Å². The van der Waals surface area contributed by atoms with Crippen LogP contribution >= 0.6 is 0 Å². The zero-order valence-corrected chi connectivity index (χ0v) is 14.7. The third-order valence-corrected chi connectivity index (χ3v) is 4.45. The van der Waals surface area contributed by atoms with Crippen molar-refractivity contribution in [3.63, 3.8) is 0 Å². The molecule has 3 heteroatoms. The summed E-state index contributed by atoms with van der Waals surface area (Å²) in [5.74, 6) is -0.0174. The van der Waals surface area contributed by atoms with E-state index in [0.717, 1.165) is 5.69 Å². The lowest BCUT2D eigenvalue weighted by molar-refractivity contribution is -0.143. The number of hydrogen-bond acceptors (Lipinski definition) is 3. The number of methoxy groups -OCH3 is 1. The molecule has 0 N–H and O–H groups in total. The van der Waals surface area contributed by atoms with Gasteiger partial charge in [0.25, 0.3) is 0 Å². The molecule has 1 aromatic rings. The molecule has 1 aromatic carbocycles. The average molecular weight is 301 g/mol. The Hall–Kier alpha value is -1.77. The molecule has 0 radical (unpaired) electrons. The molecule has 0 unspecified atom stereocenters. The standard InChI is InChI=1S/C19H27NO2/c1-12(2)16(18(21)22-7)20-17-13(3)9-8-10-15(17)14(4)11-19(20,5)6/h8-12,16H,1-7H3/t16-/m1/s1. The van der Waals surface area contributed by atoms with Gasteiger partial charge in [0.2, 0.25) is 0 Å². The van der Waals surface area contributed by atoms with Gasteiger partial charge >= 0.3 is 5.97 Å². The van der Waals surface area contributed by atoms with Gasteiger partial charge in [-0.2, -0.15) is 0 Å². The van der Waals surface area contributed by atoms with E-state index < -0.39 is 0 Å². The summed E-state index contributed by atoms with van der Waals surface area (Å²) in [5.41, 5.74) is 4.55. The van der Waals surface area contributed by atoms with Crippen molar-refractivity contribution in [1.29, 1.82) is 0 Å². The van der Waals surface area contributed by atoms with Crippen LogP contribution in [0, 0.1) is 12.8 Å². The smallest absolute Gasteiger partial charge is 0.328 e. The van der Waals surface area contributed by atoms with Crippen molar-refractivity contribution in [2.45, 2.75) is 53.1 Å². The number of hydrogen-bond donors (Lipinski definition) is 0. The van der Waals surface area contributed by atoms with E-state index in [9.17, 15) is 4.79 Å². The maximum Gasteiger partial charge on any atom is 0.328 e. The zero-order chi connectivity index (χ0) is 16.7. The summed E-state index contributed by atoms with van der Waals surface area (Å²) in [4.78, 5) is 14.7. The third-order valence-electron chi connectivity index (χ3n) is 4.45. The van der Waals surface area contributed by atoms with Crippen LogP contribution in [0.5, 0.6) is 0 Å². The van der Waals surface area contributed by atoms with E-state index in [2.05, 4.69) is 70.7 Å². The molecule has 0 aliphatic carbocycles. The molecule has 0 amide bonds. The van der Waals surface area contributed by atoms with Crippen LogP contribution in [0.2, 0.25) is 0 Å². The first kappa shape index (κ1) is 16.6. The Kier molecular flexibility index (Phi) is 4.37. The maximum absolute atomic E-state index is 12.5. The van der Waals surface area contributed by atoms with Crippen LogP contribution in [0.25, 0.3) is 5.57 Å². The number of rotatable bonds is 3. The van der Waals surface area contributed by atoms with Crippen LogP contribution in [0.3, 0.4) is 0 Å². The van der Waals surface area contributed by atoms with E-state index in [1.54, 1.807) is 0 Å². The van der Waals surface area contributed by atoms with Crippen molar-refractivity contribution in [1.82, 2.24) is 0 Å². The maximum atomic E-state index is 12.5. The van der Waals surface area contributed by atoms with E-state index in [1.165, 1.54) is 23.8 Å². The molecule has 0 bridgehead atoms. The van der Waals surface area contributed by atoms with Crippen LogP contribution < -0.4 is 4.90 Å². The second kappa shape index (κ2) is 5.79. The van der Waals surface area contributed by atoms with E-state index in [4.69, 9.17) is 4.74 Å². The molecule has 1 atom stereocenters. The number of allylic oxidation sites excluding steroid dienone is 1. The van der Waals surface area contributed by atoms with Gasteiger partial charge in [0.1, 0.15) is 6.04 Å². The first-order valence-corrected chi connectivity index (χ1v) is 7.87. The lowest BCUT2D eigenvalue weighted by Gasteiger charge is -2.48. The van der Waals surface area contributed by atoms with Crippen LogP contribution in [0.15, 0.2) is 24.3 Å². The van der Waals surface area contributed by atoms with Crippen LogP contribution in [-0.2, 0) is 9.53 Å². The normalized spacial score (nSPS) is 17.8. The molecule has 2 rings (SSSR count). The average Bonchev–Trinajstić information content (AvgIpc) is 2.42. The number of benzene rings is 1. The Labute approximate surface area is 134 Å². The number of esters is 1. The minimum atomic E-state index is -0.302. The largest absolute Gasteiger partial charge is 0.467 e. The van der Waals surface area contributed by atoms with E-state index >= 15 is 0 Å². The summed E-state index contributed by atoms with van der Waals surface area (Å²) in [7, 11) is 1.47. The highest BCUT2D eigenvalue weighted by Crippen LogP contribution is 2.43. The second-order valence-electron chi connectivity index (χ2n) is 7.03. The number of carbonyl (C=O) groups is 1. The van der Waals surface area contributed by atoms with E-state index in [0.29, 0.717) is 0 Å². The number of anilines is 1. The van der Waals surface area contributed by atoms with Gasteiger partial charge in [0.05, 0.1) is 12.6 Å². The quantitative estimate of drug-likeness (QED) is 0.784. The summed E-state index contributed by atoms with van der Waals surface area (Å²) in [6.07, 6.45) is 2.24. The van der Waals surface area contributed by atoms with Gasteiger partial charge < -0.3 is 9.64 Å². The Balaban J connectivity index is 2.71. The zero-order valence-electron chi connectivity index (χ0n) is 14.7. The van der Waals surface area contributed by atoms with Gasteiger partial charge in [-0.15, -0.1) is 0 Å². The molecule has 0 saturated carbocycles. The number of fused-ring (bicyclic) bond motifs is 1. The lowest BCUT2D eigenvalue weighted by atomic mass is 9.84. The van der Waals surface area contributed by atoms with Gasteiger partial charge in [-0.1, -0.05) is 38.1 Å². The molecule has 3 nitrogen and oxygen atoms in total. The SMILES string of the molecule is COC(=O)[C@@H](C(C)C)N1c2c(C)cccc2C(C)=CC1(C)C. The fourth-order valence-corrected chi connectivity index (χ4v) is 3.56. The topological polar surface area (TPSA) is 29.5 Å². The first-order chi connectivity index (χ1) is 10.2. The molecule has 1 aliphatic rings. The van der Waals surface area contributed by atoms with Gasteiger partial charge in [0, 0.05) is 11.3 Å². The highest BCUT2D eigenvalue weighted by atomic mass is 16.5. The van der Waals surface area contributed by atoms with Crippen molar-refractivity contribution in [2.75, 3.05) is 12.0 Å². The van der Waals surface area contributed by atoms with Crippen molar-refractivity contribution < 1.29 is 9.53 Å². The Bertz CT molecular complexity index is 614. The van der Waals surface area contributed by atoms with Crippen molar-refractivity contribution in [2.24, 2.45) is 5.92 Å². The Morgan fingerprint density at radius 2 is 1.86 bits per heavy atom. The molecule has 0 spiro atoms. The van der Waals surface area contributed by atoms with Crippen LogP contribution in [-0.4, -0.2) is 24.7 Å². The van der Waals surface area contributed by atoms with Gasteiger partial charge in [-0.3, -0.25) is 0 Å². The molecule has 120 valence electrons. The molecule has 0 saturated heterocycles. The number of aryl methyl sites for hydroxylation is 1. The minimum absolute atomic E-state index is 0.158. The fraction of sp³-hybridized carbons (Fsp3) is 0.526. The predicted molar refractivity (Wildman–Crippen MR) is 92.0 cm³/mol. The molecule has 0 fully saturated rings. The minimum Gasteiger partial charge on any atom is -0.467 e. The van der Waals surface area contributed by atoms with Gasteiger partial charge in [-0.25, -0.2) is 4.79 Å². The second-order valence-corrected chi connectivity index (χ2v) is 7.03. The molecule has 0 aromatic heterocycles. The summed E-state index contributed by atoms with van der Waals surface area (Å²) in [5, 5.41) is 0. The van der Waals surface area contributed by atoms with Gasteiger partial charge in [-0.05, 0) is 44.7 Å². The molecular weight excluding hydrogens is 274 g/mol. The fourth-order valence-electron chi connectivity index (χ4n) is 3.56. The van der Waals surface area contributed by atoms with Crippen LogP contribution in [0.4, 0.5) is 5.69 Å². The molecular formula is C19H27NO2. The van der Waals surface area contributed by atoms with E-state index in [1.807, 2.05) is 0 Å². The summed E-state index contributed by atoms with van der Waals surface area (Å²) in [6.45, 7) is 12.7. The number of para-hydroxylation sites is 1. The third kappa shape index (κ3) is 2.65. The Morgan fingerprint density at radius 3 is 2.41 bits per heavy atom. The van der Waals surface area contributed by atoms with E-state index in [-0.39, 0.29) is 23.5 Å². The highest BCUT2D eigenvalue weighted by molar-refractivity contribution is 5.88. The van der Waals surface area contributed by atoms with Gasteiger partial charge in [0.15, 0.2) is 0 Å². The molecule has 22 heavy (non-hydrogen) atoms. The van der Waals surface area contributed by atoms with Crippen molar-refractivity contribution >= 4 is 17.2 Å². The lowest BCUT2D eigenvalue weighted by Crippen LogP contribution is -2.56. The Morgan fingerprint density at radius 1 is 1.23 bits per heavy atom. The number of carbonyl (C=O) groups excluding carboxylic acids is 1. The van der Waals surface area contributed by atoms with Crippen molar-refractivity contribution in [3.05, 3.63) is 35.4 Å². The number of nitrogens with zero attached hydrogens (tertiary/aromatic N) is 1. The van der Waals surface area contributed by atoms with Crippen LogP contribution in [0.1, 0.15) is 45.7 Å². The summed E-state index contributed by atoms with van der Waals surface area (Å²) < 4.78 is 5.10. The first-order valence-electron chi connectivity index (χ1n) is 7.87. The predicted octanol–water partition coefficient (Wildman–Crippen LogP) is 4.19. The molecule has 1 heterocycles. The highest BCUT2D eigenvalue weighted by Gasteiger charge is 2.41. The molecule has 1 aliphatic heterocycles. The monoisotopic (exact) mass is 301 g/mol.